The van der Waals surface area contributed by atoms with Crippen molar-refractivity contribution in [1.82, 2.24) is 35.1 Å². The molecule has 0 spiro atoms. The minimum absolute atomic E-state index is 0.0721. The molecule has 3 aromatic heterocycles. The van der Waals surface area contributed by atoms with Crippen molar-refractivity contribution in [1.29, 1.82) is 0 Å². The largest absolute Gasteiger partial charge is 0.383 e. The van der Waals surface area contributed by atoms with E-state index in [4.69, 9.17) is 16.0 Å². The first-order chi connectivity index (χ1) is 18.9. The zero-order valence-electron chi connectivity index (χ0n) is 21.7. The Morgan fingerprint density at radius 2 is 1.97 bits per heavy atom. The standard InChI is InChI=1S/C27H31N9O3/c1-17-10-11-29-21(14-17)32-27(38)19-8-6-18(7-9-19)24-23-25(28)30-16-31-26(23)36(33-24)20-4-2-12-35(15-20)13-3-5-22(37)34-39/h6-11,14,16,20,39H,2-5,12-13,15H2,1H3,(H,34,37)(H2,28,30,31)(H,29,32,38). The highest BCUT2D eigenvalue weighted by Crippen LogP contribution is 2.34. The van der Waals surface area contributed by atoms with Crippen LogP contribution in [0.5, 0.6) is 0 Å². The van der Waals surface area contributed by atoms with Gasteiger partial charge in [0.15, 0.2) is 5.65 Å². The van der Waals surface area contributed by atoms with Crippen LogP contribution in [0, 0.1) is 6.92 Å². The zero-order chi connectivity index (χ0) is 27.4. The third-order valence-corrected chi connectivity index (χ3v) is 6.93. The molecule has 202 valence electrons. The minimum Gasteiger partial charge on any atom is -0.383 e. The summed E-state index contributed by atoms with van der Waals surface area (Å²) in [5.74, 6) is 0.207. The van der Waals surface area contributed by atoms with Crippen molar-refractivity contribution in [3.8, 4) is 11.3 Å². The van der Waals surface area contributed by atoms with E-state index in [1.807, 2.05) is 35.9 Å². The maximum absolute atomic E-state index is 12.8. The van der Waals surface area contributed by atoms with Crippen molar-refractivity contribution in [2.24, 2.45) is 0 Å². The number of amides is 2. The molecule has 0 bridgehead atoms. The lowest BCUT2D eigenvalue weighted by Crippen LogP contribution is -2.38. The number of carbonyl (C=O) groups excluding carboxylic acids is 2. The molecule has 5 rings (SSSR count). The van der Waals surface area contributed by atoms with Crippen LogP contribution in [0.1, 0.15) is 47.6 Å². The molecule has 0 radical (unpaired) electrons. The van der Waals surface area contributed by atoms with Crippen molar-refractivity contribution < 1.29 is 14.8 Å². The Morgan fingerprint density at radius 1 is 1.15 bits per heavy atom. The second-order valence-electron chi connectivity index (χ2n) is 9.74. The van der Waals surface area contributed by atoms with E-state index in [0.717, 1.165) is 43.6 Å². The predicted molar refractivity (Wildman–Crippen MR) is 146 cm³/mol. The number of nitrogens with two attached hydrogens (primary N) is 1. The van der Waals surface area contributed by atoms with Crippen molar-refractivity contribution >= 4 is 34.5 Å². The van der Waals surface area contributed by atoms with Gasteiger partial charge in [0.2, 0.25) is 5.91 Å². The number of rotatable bonds is 8. The average Bonchev–Trinajstić information content (AvgIpc) is 3.34. The number of likely N-dealkylation sites (tertiary alicyclic amines) is 1. The van der Waals surface area contributed by atoms with Gasteiger partial charge in [-0.2, -0.15) is 5.10 Å². The van der Waals surface area contributed by atoms with E-state index < -0.39 is 0 Å². The summed E-state index contributed by atoms with van der Waals surface area (Å²) >= 11 is 0. The molecular formula is C27H31N9O3. The second-order valence-corrected chi connectivity index (χ2v) is 9.74. The van der Waals surface area contributed by atoms with E-state index in [2.05, 4.69) is 25.2 Å². The Bertz CT molecular complexity index is 1490. The molecule has 2 amide bonds. The first kappa shape index (κ1) is 26.2. The lowest BCUT2D eigenvalue weighted by Gasteiger charge is -2.32. The first-order valence-corrected chi connectivity index (χ1v) is 12.9. The van der Waals surface area contributed by atoms with Crippen LogP contribution in [0.2, 0.25) is 0 Å². The van der Waals surface area contributed by atoms with E-state index in [1.165, 1.54) is 6.33 Å². The summed E-state index contributed by atoms with van der Waals surface area (Å²) in [6.45, 7) is 4.37. The Labute approximate surface area is 225 Å². The highest BCUT2D eigenvalue weighted by Gasteiger charge is 2.26. The molecule has 1 atom stereocenters. The first-order valence-electron chi connectivity index (χ1n) is 12.9. The molecule has 1 unspecified atom stereocenters. The van der Waals surface area contributed by atoms with Gasteiger partial charge in [0.1, 0.15) is 23.7 Å². The SMILES string of the molecule is Cc1ccnc(NC(=O)c2ccc(-c3nn(C4CCCN(CCCC(=O)NO)C4)c4ncnc(N)c34)cc2)c1. The number of nitrogens with one attached hydrogen (secondary N) is 2. The molecule has 39 heavy (non-hydrogen) atoms. The number of carbonyl (C=O) groups is 2. The molecule has 1 saturated heterocycles. The summed E-state index contributed by atoms with van der Waals surface area (Å²) in [6, 6.07) is 10.9. The van der Waals surface area contributed by atoms with Gasteiger partial charge in [-0.25, -0.2) is 25.1 Å². The third-order valence-electron chi connectivity index (χ3n) is 6.93. The summed E-state index contributed by atoms with van der Waals surface area (Å²) in [6.07, 6.45) is 5.93. The van der Waals surface area contributed by atoms with Gasteiger partial charge < -0.3 is 16.0 Å². The van der Waals surface area contributed by atoms with E-state index in [0.29, 0.717) is 40.3 Å². The van der Waals surface area contributed by atoms with Crippen LogP contribution in [0.4, 0.5) is 11.6 Å². The van der Waals surface area contributed by atoms with Crippen molar-refractivity contribution in [3.05, 3.63) is 60.0 Å². The van der Waals surface area contributed by atoms with Gasteiger partial charge in [-0.1, -0.05) is 12.1 Å². The summed E-state index contributed by atoms with van der Waals surface area (Å²) in [5.41, 5.74) is 11.6. The lowest BCUT2D eigenvalue weighted by atomic mass is 10.1. The van der Waals surface area contributed by atoms with E-state index >= 15 is 0 Å². The Balaban J connectivity index is 1.37. The molecule has 1 aliphatic rings. The molecule has 1 aliphatic heterocycles. The van der Waals surface area contributed by atoms with E-state index in [-0.39, 0.29) is 24.3 Å². The molecule has 0 aliphatic carbocycles. The van der Waals surface area contributed by atoms with Gasteiger partial charge >= 0.3 is 0 Å². The summed E-state index contributed by atoms with van der Waals surface area (Å²) in [4.78, 5) is 39.3. The van der Waals surface area contributed by atoms with Crippen LogP contribution in [-0.2, 0) is 4.79 Å². The molecule has 12 heteroatoms. The highest BCUT2D eigenvalue weighted by molar-refractivity contribution is 6.04. The number of piperidine rings is 1. The number of aromatic nitrogens is 5. The van der Waals surface area contributed by atoms with Crippen LogP contribution >= 0.6 is 0 Å². The third kappa shape index (κ3) is 5.86. The van der Waals surface area contributed by atoms with E-state index in [9.17, 15) is 9.59 Å². The fraction of sp³-hybridized carbons (Fsp3) is 0.333. The second kappa shape index (κ2) is 11.5. The van der Waals surface area contributed by atoms with Gasteiger partial charge in [0.25, 0.3) is 5.91 Å². The number of aryl methyl sites for hydroxylation is 1. The van der Waals surface area contributed by atoms with Crippen molar-refractivity contribution in [2.45, 2.75) is 38.6 Å². The maximum Gasteiger partial charge on any atom is 0.256 e. The quantitative estimate of drug-likeness (QED) is 0.198. The smallest absolute Gasteiger partial charge is 0.256 e. The van der Waals surface area contributed by atoms with Crippen LogP contribution in [0.25, 0.3) is 22.3 Å². The molecule has 1 fully saturated rings. The van der Waals surface area contributed by atoms with Gasteiger partial charge in [-0.3, -0.25) is 14.8 Å². The monoisotopic (exact) mass is 529 g/mol. The highest BCUT2D eigenvalue weighted by atomic mass is 16.5. The maximum atomic E-state index is 12.8. The van der Waals surface area contributed by atoms with Crippen LogP contribution in [0.3, 0.4) is 0 Å². The fourth-order valence-electron chi connectivity index (χ4n) is 4.98. The van der Waals surface area contributed by atoms with Crippen molar-refractivity contribution in [3.63, 3.8) is 0 Å². The molecule has 0 saturated carbocycles. The number of benzene rings is 1. The number of hydrogen-bond acceptors (Lipinski definition) is 9. The minimum atomic E-state index is -0.381. The molecule has 4 aromatic rings. The van der Waals surface area contributed by atoms with E-state index in [1.54, 1.807) is 23.8 Å². The Morgan fingerprint density at radius 3 is 2.74 bits per heavy atom. The number of hydroxylamine groups is 1. The van der Waals surface area contributed by atoms with Gasteiger partial charge in [-0.05, 0) is 69.1 Å². The summed E-state index contributed by atoms with van der Waals surface area (Å²) in [7, 11) is 0. The predicted octanol–water partition coefficient (Wildman–Crippen LogP) is 2.95. The number of hydrogen-bond donors (Lipinski definition) is 4. The number of pyridine rings is 1. The number of nitrogen functional groups attached to an aromatic ring is 1. The van der Waals surface area contributed by atoms with Crippen LogP contribution in [-0.4, -0.2) is 66.3 Å². The molecule has 5 N–H and O–H groups in total. The fourth-order valence-corrected chi connectivity index (χ4v) is 4.98. The average molecular weight is 530 g/mol. The number of anilines is 2. The van der Waals surface area contributed by atoms with Gasteiger partial charge in [0, 0.05) is 30.3 Å². The molecule has 4 heterocycles. The number of nitrogens with zero attached hydrogens (tertiary/aromatic N) is 6. The summed E-state index contributed by atoms with van der Waals surface area (Å²) in [5, 5.41) is 17.2. The van der Waals surface area contributed by atoms with Crippen LogP contribution < -0.4 is 16.5 Å². The molecular weight excluding hydrogens is 498 g/mol. The van der Waals surface area contributed by atoms with Crippen molar-refractivity contribution in [2.75, 3.05) is 30.7 Å². The van der Waals surface area contributed by atoms with Gasteiger partial charge in [-0.15, -0.1) is 0 Å². The van der Waals surface area contributed by atoms with Gasteiger partial charge in [0.05, 0.1) is 11.4 Å². The Hall–Kier alpha value is -4.42. The normalized spacial score (nSPS) is 15.8. The topological polar surface area (TPSA) is 164 Å². The Kier molecular flexibility index (Phi) is 7.75. The van der Waals surface area contributed by atoms with Crippen LogP contribution in [0.15, 0.2) is 48.9 Å². The number of fused-ring (bicyclic) bond motifs is 1. The summed E-state index contributed by atoms with van der Waals surface area (Å²) < 4.78 is 1.93. The molecule has 12 nitrogen and oxygen atoms in total. The molecule has 1 aromatic carbocycles. The zero-order valence-corrected chi connectivity index (χ0v) is 21.7. The lowest BCUT2D eigenvalue weighted by molar-refractivity contribution is -0.129.